The topological polar surface area (TPSA) is 81.4 Å². The normalized spacial score (nSPS) is 21.7. The van der Waals surface area contributed by atoms with Gasteiger partial charge < -0.3 is 15.6 Å². The van der Waals surface area contributed by atoms with Crippen molar-refractivity contribution >= 4 is 40.6 Å². The number of hydrogen-bond acceptors (Lipinski definition) is 3. The summed E-state index contributed by atoms with van der Waals surface area (Å²) in [6.45, 7) is 1.88. The van der Waals surface area contributed by atoms with Gasteiger partial charge in [0.1, 0.15) is 17.1 Å². The van der Waals surface area contributed by atoms with Gasteiger partial charge in [-0.3, -0.25) is 0 Å². The molecule has 1 saturated carbocycles. The van der Waals surface area contributed by atoms with Crippen LogP contribution in [0.4, 0.5) is 4.39 Å². The number of benzene rings is 1. The first-order valence-electron chi connectivity index (χ1n) is 6.14. The minimum Gasteiger partial charge on any atom is -0.506 e. The maximum absolute atomic E-state index is 13.5. The van der Waals surface area contributed by atoms with Crippen LogP contribution in [0.3, 0.4) is 0 Å². The zero-order chi connectivity index (χ0) is 15.9. The summed E-state index contributed by atoms with van der Waals surface area (Å²) >= 11 is 11.4. The molecule has 21 heavy (non-hydrogen) atoms. The quantitative estimate of drug-likeness (QED) is 0.335. The molecule has 2 rings (SSSR count). The Labute approximate surface area is 130 Å². The van der Waals surface area contributed by atoms with Gasteiger partial charge in [-0.25, -0.2) is 9.18 Å². The van der Waals surface area contributed by atoms with E-state index in [1.54, 1.807) is 0 Å². The van der Waals surface area contributed by atoms with Gasteiger partial charge in [0.25, 0.3) is 0 Å². The Morgan fingerprint density at radius 1 is 1.33 bits per heavy atom. The van der Waals surface area contributed by atoms with E-state index in [4.69, 9.17) is 28.6 Å². The van der Waals surface area contributed by atoms with Crippen LogP contribution >= 0.6 is 23.2 Å². The molecule has 4 nitrogen and oxygen atoms in total. The maximum Gasteiger partial charge on any atom is 0.341 e. The smallest absolute Gasteiger partial charge is 0.341 e. The molecule has 0 radical (unpaired) electrons. The van der Waals surface area contributed by atoms with Gasteiger partial charge in [0.15, 0.2) is 0 Å². The van der Waals surface area contributed by atoms with Crippen molar-refractivity contribution in [3.05, 3.63) is 39.1 Å². The van der Waals surface area contributed by atoms with E-state index in [9.17, 15) is 19.4 Å². The van der Waals surface area contributed by atoms with Crippen LogP contribution < -0.4 is 0 Å². The van der Waals surface area contributed by atoms with Gasteiger partial charge in [0, 0.05) is 11.5 Å². The summed E-state index contributed by atoms with van der Waals surface area (Å²) in [6, 6.07) is 1.93. The number of nitrogens with one attached hydrogen (secondary N) is 1. The number of carboxylic acids is 1. The van der Waals surface area contributed by atoms with E-state index in [1.165, 1.54) is 0 Å². The lowest BCUT2D eigenvalue weighted by Crippen LogP contribution is -2.16. The highest BCUT2D eigenvalue weighted by Gasteiger charge is 2.40. The number of carboxylic acid groups (broad SMARTS) is 1. The van der Waals surface area contributed by atoms with Crippen LogP contribution in [0.15, 0.2) is 17.7 Å². The Morgan fingerprint density at radius 2 is 1.90 bits per heavy atom. The Hall–Kier alpha value is -1.59. The average Bonchev–Trinajstić information content (AvgIpc) is 3.10. The van der Waals surface area contributed by atoms with Gasteiger partial charge in [0.05, 0.1) is 15.8 Å². The van der Waals surface area contributed by atoms with E-state index < -0.39 is 23.1 Å². The second-order valence-electron chi connectivity index (χ2n) is 5.01. The van der Waals surface area contributed by atoms with Crippen LogP contribution in [0.25, 0.3) is 5.76 Å². The summed E-state index contributed by atoms with van der Waals surface area (Å²) in [5.41, 5.74) is -0.944. The summed E-state index contributed by atoms with van der Waals surface area (Å²) < 4.78 is 13.5. The van der Waals surface area contributed by atoms with Crippen molar-refractivity contribution in [2.75, 3.05) is 0 Å². The van der Waals surface area contributed by atoms with Crippen LogP contribution in [-0.4, -0.2) is 21.9 Å². The molecule has 1 aromatic carbocycles. The van der Waals surface area contributed by atoms with Gasteiger partial charge in [-0.15, -0.1) is 0 Å². The summed E-state index contributed by atoms with van der Waals surface area (Å²) in [7, 11) is 0. The molecule has 0 bridgehead atoms. The molecular formula is C14H12Cl2FNO3. The molecule has 3 N–H and O–H groups in total. The van der Waals surface area contributed by atoms with Gasteiger partial charge in [-0.05, 0) is 24.5 Å². The molecule has 1 fully saturated rings. The fourth-order valence-corrected chi connectivity index (χ4v) is 2.57. The minimum atomic E-state index is -1.46. The average molecular weight is 332 g/mol. The molecule has 1 aliphatic rings. The first-order chi connectivity index (χ1) is 9.73. The molecule has 0 amide bonds. The zero-order valence-corrected chi connectivity index (χ0v) is 12.5. The standard InChI is InChI=1S/C14H12Cl2FNO3/c1-5-2-6(5)12(18)11(14(20)21)13(19)7-3-10(17)9(16)4-8(7)15/h3-6,18-19H,2H2,1H3,(H,20,21). The Balaban J connectivity index is 2.55. The fraction of sp³-hybridized carbons (Fsp3) is 0.286. The van der Waals surface area contributed by atoms with Crippen molar-refractivity contribution in [1.82, 2.24) is 0 Å². The number of carbonyl (C=O) groups is 1. The Bertz CT molecular complexity index is 672. The monoisotopic (exact) mass is 331 g/mol. The predicted octanol–water partition coefficient (Wildman–Crippen LogP) is 4.16. The molecule has 112 valence electrons. The lowest BCUT2D eigenvalue weighted by atomic mass is 10.0. The predicted molar refractivity (Wildman–Crippen MR) is 78.6 cm³/mol. The van der Waals surface area contributed by atoms with E-state index in [1.807, 2.05) is 6.92 Å². The SMILES string of the molecule is CC1CC1C(=N)C(C(=O)O)=C(O)c1cc(F)c(Cl)cc1Cl. The first kappa shape index (κ1) is 15.8. The molecule has 2 atom stereocenters. The van der Waals surface area contributed by atoms with Crippen LogP contribution in [0, 0.1) is 23.1 Å². The Morgan fingerprint density at radius 3 is 2.38 bits per heavy atom. The van der Waals surface area contributed by atoms with Gasteiger partial charge in [-0.1, -0.05) is 30.1 Å². The third-order valence-electron chi connectivity index (χ3n) is 3.47. The van der Waals surface area contributed by atoms with Crippen molar-refractivity contribution in [3.63, 3.8) is 0 Å². The number of aliphatic hydroxyl groups excluding tert-OH is 1. The summed E-state index contributed by atoms with van der Waals surface area (Å²) in [5.74, 6) is -3.04. The molecule has 1 aromatic rings. The van der Waals surface area contributed by atoms with Crippen molar-refractivity contribution in [1.29, 1.82) is 5.41 Å². The van der Waals surface area contributed by atoms with Crippen LogP contribution in [-0.2, 0) is 4.79 Å². The van der Waals surface area contributed by atoms with Crippen LogP contribution in [0.2, 0.25) is 10.0 Å². The molecule has 0 spiro atoms. The molecule has 0 aromatic heterocycles. The second-order valence-corrected chi connectivity index (χ2v) is 5.82. The van der Waals surface area contributed by atoms with Crippen LogP contribution in [0.1, 0.15) is 18.9 Å². The number of hydrogen-bond donors (Lipinski definition) is 3. The van der Waals surface area contributed by atoms with E-state index in [-0.39, 0.29) is 33.2 Å². The first-order valence-corrected chi connectivity index (χ1v) is 6.89. The minimum absolute atomic E-state index is 0.0886. The number of halogens is 3. The molecule has 0 aliphatic heterocycles. The zero-order valence-electron chi connectivity index (χ0n) is 11.0. The molecular weight excluding hydrogens is 320 g/mol. The number of aliphatic hydroxyl groups is 1. The van der Waals surface area contributed by atoms with Gasteiger partial charge in [-0.2, -0.15) is 0 Å². The maximum atomic E-state index is 13.5. The molecule has 0 saturated heterocycles. The lowest BCUT2D eigenvalue weighted by molar-refractivity contribution is -0.132. The number of aliphatic carboxylic acids is 1. The second kappa shape index (κ2) is 5.66. The largest absolute Gasteiger partial charge is 0.506 e. The fourth-order valence-electron chi connectivity index (χ4n) is 2.09. The van der Waals surface area contributed by atoms with Crippen molar-refractivity contribution < 1.29 is 19.4 Å². The number of rotatable bonds is 4. The van der Waals surface area contributed by atoms with Crippen LogP contribution in [0.5, 0.6) is 0 Å². The van der Waals surface area contributed by atoms with Crippen molar-refractivity contribution in [2.45, 2.75) is 13.3 Å². The molecule has 1 aliphatic carbocycles. The molecule has 7 heteroatoms. The van der Waals surface area contributed by atoms with E-state index in [2.05, 4.69) is 0 Å². The third kappa shape index (κ3) is 3.04. The molecule has 2 unspecified atom stereocenters. The summed E-state index contributed by atoms with van der Waals surface area (Å²) in [4.78, 5) is 11.3. The highest BCUT2D eigenvalue weighted by atomic mass is 35.5. The van der Waals surface area contributed by atoms with E-state index >= 15 is 0 Å². The highest BCUT2D eigenvalue weighted by Crippen LogP contribution is 2.41. The summed E-state index contributed by atoms with van der Waals surface area (Å²) in [5, 5.41) is 27.0. The third-order valence-corrected chi connectivity index (χ3v) is 4.07. The van der Waals surface area contributed by atoms with Crippen molar-refractivity contribution in [3.8, 4) is 0 Å². The Kier molecular flexibility index (Phi) is 4.25. The highest BCUT2D eigenvalue weighted by molar-refractivity contribution is 6.36. The van der Waals surface area contributed by atoms with E-state index in [0.29, 0.717) is 6.42 Å². The van der Waals surface area contributed by atoms with Gasteiger partial charge >= 0.3 is 5.97 Å². The summed E-state index contributed by atoms with van der Waals surface area (Å²) in [6.07, 6.45) is 0.686. The lowest BCUT2D eigenvalue weighted by Gasteiger charge is -2.10. The molecule has 0 heterocycles. The van der Waals surface area contributed by atoms with Crippen molar-refractivity contribution in [2.24, 2.45) is 11.8 Å². The van der Waals surface area contributed by atoms with E-state index in [0.717, 1.165) is 12.1 Å². The van der Waals surface area contributed by atoms with Gasteiger partial charge in [0.2, 0.25) is 0 Å².